The van der Waals surface area contributed by atoms with Crippen molar-refractivity contribution in [2.24, 2.45) is 0 Å². The molecule has 0 aliphatic rings. The van der Waals surface area contributed by atoms with Crippen LogP contribution in [0.3, 0.4) is 0 Å². The molecule has 0 radical (unpaired) electrons. The zero-order valence-electron chi connectivity index (χ0n) is 9.21. The summed E-state index contributed by atoms with van der Waals surface area (Å²) in [5, 5.41) is 13.4. The SMILES string of the molecule is Cc1cc(Br)c(NC(=O)CCl)c([N+](=O)[O-])c1C. The van der Waals surface area contributed by atoms with Crippen molar-refractivity contribution >= 4 is 44.8 Å². The molecule has 0 saturated heterocycles. The van der Waals surface area contributed by atoms with Gasteiger partial charge in [0.05, 0.1) is 4.92 Å². The van der Waals surface area contributed by atoms with Crippen LogP contribution in [-0.2, 0) is 4.79 Å². The Morgan fingerprint density at radius 1 is 1.59 bits per heavy atom. The molecule has 0 atom stereocenters. The molecule has 1 N–H and O–H groups in total. The van der Waals surface area contributed by atoms with Crippen LogP contribution in [-0.4, -0.2) is 16.7 Å². The molecular weight excluding hydrogens is 311 g/mol. The Hall–Kier alpha value is -1.14. The Morgan fingerprint density at radius 2 is 2.18 bits per heavy atom. The molecule has 17 heavy (non-hydrogen) atoms. The standard InChI is InChI=1S/C10H10BrClN2O3/c1-5-3-7(11)9(13-8(15)4-12)10(6(5)2)14(16)17/h3H,4H2,1-2H3,(H,13,15). The summed E-state index contributed by atoms with van der Waals surface area (Å²) >= 11 is 8.56. The van der Waals surface area contributed by atoms with Gasteiger partial charge in [-0.3, -0.25) is 14.9 Å². The zero-order valence-corrected chi connectivity index (χ0v) is 11.6. The fourth-order valence-electron chi connectivity index (χ4n) is 1.38. The van der Waals surface area contributed by atoms with E-state index in [0.717, 1.165) is 5.56 Å². The minimum Gasteiger partial charge on any atom is -0.318 e. The highest BCUT2D eigenvalue weighted by Crippen LogP contribution is 2.37. The van der Waals surface area contributed by atoms with E-state index >= 15 is 0 Å². The molecular formula is C10H10BrClN2O3. The number of carbonyl (C=O) groups is 1. The number of nitro benzene ring substituents is 1. The van der Waals surface area contributed by atoms with Gasteiger partial charge in [-0.05, 0) is 41.4 Å². The van der Waals surface area contributed by atoms with Crippen LogP contribution in [0.15, 0.2) is 10.5 Å². The third-order valence-electron chi connectivity index (χ3n) is 2.33. The highest BCUT2D eigenvalue weighted by molar-refractivity contribution is 9.10. The van der Waals surface area contributed by atoms with Gasteiger partial charge >= 0.3 is 0 Å². The van der Waals surface area contributed by atoms with Gasteiger partial charge in [0.25, 0.3) is 5.69 Å². The van der Waals surface area contributed by atoms with Gasteiger partial charge in [0.1, 0.15) is 11.6 Å². The molecule has 5 nitrogen and oxygen atoms in total. The molecule has 0 aromatic heterocycles. The number of benzene rings is 1. The summed E-state index contributed by atoms with van der Waals surface area (Å²) in [5.41, 5.74) is 1.31. The first-order valence-electron chi connectivity index (χ1n) is 4.68. The Balaban J connectivity index is 3.41. The third kappa shape index (κ3) is 2.95. The van der Waals surface area contributed by atoms with Crippen molar-refractivity contribution in [3.8, 4) is 0 Å². The fraction of sp³-hybridized carbons (Fsp3) is 0.300. The predicted octanol–water partition coefficient (Wildman–Crippen LogP) is 3.15. The lowest BCUT2D eigenvalue weighted by molar-refractivity contribution is -0.384. The average molecular weight is 322 g/mol. The van der Waals surface area contributed by atoms with E-state index in [1.165, 1.54) is 0 Å². The lowest BCUT2D eigenvalue weighted by Crippen LogP contribution is -2.15. The van der Waals surface area contributed by atoms with Gasteiger partial charge in [0.2, 0.25) is 5.91 Å². The molecule has 92 valence electrons. The second kappa shape index (κ2) is 5.46. The summed E-state index contributed by atoms with van der Waals surface area (Å²) in [5.74, 6) is -0.741. The smallest absolute Gasteiger partial charge is 0.297 e. The molecule has 1 aromatic carbocycles. The van der Waals surface area contributed by atoms with E-state index in [1.807, 2.05) is 0 Å². The van der Waals surface area contributed by atoms with Gasteiger partial charge < -0.3 is 5.32 Å². The largest absolute Gasteiger partial charge is 0.318 e. The van der Waals surface area contributed by atoms with Gasteiger partial charge in [-0.2, -0.15) is 0 Å². The zero-order chi connectivity index (χ0) is 13.2. The summed E-state index contributed by atoms with van der Waals surface area (Å²) in [6.07, 6.45) is 0. The molecule has 7 heteroatoms. The summed E-state index contributed by atoms with van der Waals surface area (Å²) in [6.45, 7) is 3.40. The number of nitro groups is 1. The topological polar surface area (TPSA) is 72.2 Å². The van der Waals surface area contributed by atoms with Crippen LogP contribution in [0.5, 0.6) is 0 Å². The van der Waals surface area contributed by atoms with Crippen LogP contribution < -0.4 is 5.32 Å². The van der Waals surface area contributed by atoms with Crippen LogP contribution in [0, 0.1) is 24.0 Å². The summed E-state index contributed by atoms with van der Waals surface area (Å²) in [4.78, 5) is 21.7. The van der Waals surface area contributed by atoms with E-state index in [4.69, 9.17) is 11.6 Å². The Kier molecular flexibility index (Phi) is 4.47. The minimum atomic E-state index is -0.517. The Labute approximate surface area is 111 Å². The maximum Gasteiger partial charge on any atom is 0.297 e. The molecule has 0 unspecified atom stereocenters. The first kappa shape index (κ1) is 13.9. The van der Waals surface area contributed by atoms with Crippen molar-refractivity contribution in [2.75, 3.05) is 11.2 Å². The maximum atomic E-state index is 11.2. The van der Waals surface area contributed by atoms with E-state index in [9.17, 15) is 14.9 Å². The van der Waals surface area contributed by atoms with Gasteiger partial charge in [-0.1, -0.05) is 0 Å². The van der Waals surface area contributed by atoms with E-state index in [2.05, 4.69) is 21.2 Å². The summed E-state index contributed by atoms with van der Waals surface area (Å²) in [6, 6.07) is 1.71. The quantitative estimate of drug-likeness (QED) is 0.528. The number of rotatable bonds is 3. The molecule has 0 aliphatic carbocycles. The van der Waals surface area contributed by atoms with Crippen molar-refractivity contribution in [3.05, 3.63) is 31.8 Å². The first-order chi connectivity index (χ1) is 7.88. The van der Waals surface area contributed by atoms with Gasteiger partial charge in [-0.15, -0.1) is 11.6 Å². The molecule has 0 saturated carbocycles. The first-order valence-corrected chi connectivity index (χ1v) is 6.01. The monoisotopic (exact) mass is 320 g/mol. The lowest BCUT2D eigenvalue weighted by Gasteiger charge is -2.10. The molecule has 0 aliphatic heterocycles. The fourth-order valence-corrected chi connectivity index (χ4v) is 2.07. The number of halogens is 2. The maximum absolute atomic E-state index is 11.2. The molecule has 0 heterocycles. The number of nitrogens with one attached hydrogen (secondary N) is 1. The van der Waals surface area contributed by atoms with Gasteiger partial charge in [-0.25, -0.2) is 0 Å². The number of carbonyl (C=O) groups excluding carboxylic acids is 1. The second-order valence-electron chi connectivity index (χ2n) is 3.46. The van der Waals surface area contributed by atoms with Crippen molar-refractivity contribution in [1.29, 1.82) is 0 Å². The van der Waals surface area contributed by atoms with Crippen LogP contribution in [0.4, 0.5) is 11.4 Å². The highest BCUT2D eigenvalue weighted by Gasteiger charge is 2.23. The molecule has 1 aromatic rings. The Morgan fingerprint density at radius 3 is 2.65 bits per heavy atom. The second-order valence-corrected chi connectivity index (χ2v) is 4.58. The number of amides is 1. The molecule has 1 rings (SSSR count). The third-order valence-corrected chi connectivity index (χ3v) is 3.20. The summed E-state index contributed by atoms with van der Waals surface area (Å²) in [7, 11) is 0. The lowest BCUT2D eigenvalue weighted by atomic mass is 10.1. The number of anilines is 1. The van der Waals surface area contributed by atoms with Crippen LogP contribution >= 0.6 is 27.5 Å². The molecule has 0 spiro atoms. The van der Waals surface area contributed by atoms with Gasteiger partial charge in [0, 0.05) is 10.0 Å². The Bertz CT molecular complexity index is 491. The number of hydrogen-bond donors (Lipinski definition) is 1. The average Bonchev–Trinajstić information content (AvgIpc) is 2.25. The van der Waals surface area contributed by atoms with E-state index in [-0.39, 0.29) is 17.3 Å². The number of aryl methyl sites for hydroxylation is 1. The predicted molar refractivity (Wildman–Crippen MR) is 69.6 cm³/mol. The van der Waals surface area contributed by atoms with E-state index < -0.39 is 10.8 Å². The van der Waals surface area contributed by atoms with Gasteiger partial charge in [0.15, 0.2) is 0 Å². The molecule has 0 fully saturated rings. The van der Waals surface area contributed by atoms with E-state index in [1.54, 1.807) is 19.9 Å². The number of nitrogens with zero attached hydrogens (tertiary/aromatic N) is 1. The van der Waals surface area contributed by atoms with E-state index in [0.29, 0.717) is 10.0 Å². The van der Waals surface area contributed by atoms with Crippen LogP contribution in [0.25, 0.3) is 0 Å². The van der Waals surface area contributed by atoms with Crippen molar-refractivity contribution in [2.45, 2.75) is 13.8 Å². The normalized spacial score (nSPS) is 10.1. The van der Waals surface area contributed by atoms with Crippen molar-refractivity contribution in [3.63, 3.8) is 0 Å². The molecule has 1 amide bonds. The molecule has 0 bridgehead atoms. The number of hydrogen-bond acceptors (Lipinski definition) is 3. The minimum absolute atomic E-state index is 0.115. The van der Waals surface area contributed by atoms with Crippen molar-refractivity contribution < 1.29 is 9.72 Å². The highest BCUT2D eigenvalue weighted by atomic mass is 79.9. The van der Waals surface area contributed by atoms with Crippen LogP contribution in [0.1, 0.15) is 11.1 Å². The number of alkyl halides is 1. The summed E-state index contributed by atoms with van der Waals surface area (Å²) < 4.78 is 0.464. The van der Waals surface area contributed by atoms with Crippen LogP contribution in [0.2, 0.25) is 0 Å². The van der Waals surface area contributed by atoms with Crippen molar-refractivity contribution in [1.82, 2.24) is 0 Å².